The van der Waals surface area contributed by atoms with Crippen molar-refractivity contribution < 1.29 is 19.1 Å². The average molecular weight is 482 g/mol. The summed E-state index contributed by atoms with van der Waals surface area (Å²) in [6.45, 7) is 5.57. The van der Waals surface area contributed by atoms with Gasteiger partial charge < -0.3 is 20.1 Å². The lowest BCUT2D eigenvalue weighted by atomic mass is 10.1. The maximum atomic E-state index is 12.5. The van der Waals surface area contributed by atoms with Crippen molar-refractivity contribution in [1.82, 2.24) is 5.32 Å². The SMILES string of the molecule is COc1cc(C(=O)Nc2ccc(I)cc2C)ccc1OCC(=O)NC(C)C. The maximum Gasteiger partial charge on any atom is 0.258 e. The fourth-order valence-corrected chi connectivity index (χ4v) is 3.04. The number of amides is 2. The standard InChI is InChI=1S/C20H23IN2O4/c1-12(2)22-19(24)11-27-17-8-5-14(10-18(17)26-4)20(25)23-16-7-6-15(21)9-13(16)3/h5-10,12H,11H2,1-4H3,(H,22,24)(H,23,25). The van der Waals surface area contributed by atoms with Gasteiger partial charge in [-0.05, 0) is 85.3 Å². The third-order valence-corrected chi connectivity index (χ3v) is 4.34. The lowest BCUT2D eigenvalue weighted by Gasteiger charge is -2.14. The Morgan fingerprint density at radius 2 is 1.85 bits per heavy atom. The second-order valence-corrected chi connectivity index (χ2v) is 7.54. The van der Waals surface area contributed by atoms with Crippen LogP contribution in [-0.4, -0.2) is 31.6 Å². The van der Waals surface area contributed by atoms with Crippen LogP contribution in [0.4, 0.5) is 5.69 Å². The molecule has 27 heavy (non-hydrogen) atoms. The van der Waals surface area contributed by atoms with Crippen LogP contribution in [-0.2, 0) is 4.79 Å². The predicted molar refractivity (Wildman–Crippen MR) is 114 cm³/mol. The van der Waals surface area contributed by atoms with Crippen molar-refractivity contribution >= 4 is 40.1 Å². The first-order chi connectivity index (χ1) is 12.8. The Kier molecular flexibility index (Phi) is 7.46. The second kappa shape index (κ2) is 9.59. The second-order valence-electron chi connectivity index (χ2n) is 6.29. The Bertz CT molecular complexity index is 837. The van der Waals surface area contributed by atoms with Crippen molar-refractivity contribution in [2.24, 2.45) is 0 Å². The van der Waals surface area contributed by atoms with Crippen LogP contribution >= 0.6 is 22.6 Å². The smallest absolute Gasteiger partial charge is 0.258 e. The molecule has 2 amide bonds. The van der Waals surface area contributed by atoms with Crippen molar-refractivity contribution in [3.8, 4) is 11.5 Å². The van der Waals surface area contributed by atoms with Crippen LogP contribution in [0.3, 0.4) is 0 Å². The molecule has 144 valence electrons. The number of carbonyl (C=O) groups is 2. The Balaban J connectivity index is 2.10. The van der Waals surface area contributed by atoms with E-state index < -0.39 is 0 Å². The number of aryl methyl sites for hydroxylation is 1. The number of carbonyl (C=O) groups excluding carboxylic acids is 2. The lowest BCUT2D eigenvalue weighted by molar-refractivity contribution is -0.123. The third-order valence-electron chi connectivity index (χ3n) is 3.67. The molecule has 6 nitrogen and oxygen atoms in total. The highest BCUT2D eigenvalue weighted by atomic mass is 127. The monoisotopic (exact) mass is 482 g/mol. The summed E-state index contributed by atoms with van der Waals surface area (Å²) in [6, 6.07) is 10.7. The summed E-state index contributed by atoms with van der Waals surface area (Å²) in [5.41, 5.74) is 2.17. The molecule has 0 bridgehead atoms. The minimum atomic E-state index is -0.248. The highest BCUT2D eigenvalue weighted by Crippen LogP contribution is 2.28. The number of benzene rings is 2. The quantitative estimate of drug-likeness (QED) is 0.590. The van der Waals surface area contributed by atoms with E-state index in [2.05, 4.69) is 33.2 Å². The molecule has 0 fully saturated rings. The number of nitrogens with one attached hydrogen (secondary N) is 2. The lowest BCUT2D eigenvalue weighted by Crippen LogP contribution is -2.34. The van der Waals surface area contributed by atoms with Gasteiger partial charge in [-0.15, -0.1) is 0 Å². The Morgan fingerprint density at radius 3 is 2.48 bits per heavy atom. The van der Waals surface area contributed by atoms with Gasteiger partial charge in [-0.25, -0.2) is 0 Å². The molecule has 0 saturated carbocycles. The summed E-state index contributed by atoms with van der Waals surface area (Å²) in [7, 11) is 1.49. The van der Waals surface area contributed by atoms with E-state index in [9.17, 15) is 9.59 Å². The van der Waals surface area contributed by atoms with Crippen LogP contribution in [0.1, 0.15) is 29.8 Å². The molecule has 0 aliphatic heterocycles. The van der Waals surface area contributed by atoms with Gasteiger partial charge in [-0.2, -0.15) is 0 Å². The van der Waals surface area contributed by atoms with E-state index in [1.54, 1.807) is 18.2 Å². The Hall–Kier alpha value is -2.29. The zero-order chi connectivity index (χ0) is 20.0. The van der Waals surface area contributed by atoms with E-state index in [4.69, 9.17) is 9.47 Å². The fourth-order valence-electron chi connectivity index (χ4n) is 2.40. The van der Waals surface area contributed by atoms with Gasteiger partial charge in [0.2, 0.25) is 0 Å². The fraction of sp³-hybridized carbons (Fsp3) is 0.300. The molecule has 0 spiro atoms. The number of rotatable bonds is 7. The zero-order valence-electron chi connectivity index (χ0n) is 15.8. The first-order valence-electron chi connectivity index (χ1n) is 8.48. The van der Waals surface area contributed by atoms with Gasteiger partial charge in [0, 0.05) is 20.9 Å². The van der Waals surface area contributed by atoms with Crippen LogP contribution in [0.25, 0.3) is 0 Å². The van der Waals surface area contributed by atoms with Gasteiger partial charge in [0.05, 0.1) is 7.11 Å². The van der Waals surface area contributed by atoms with Crippen molar-refractivity contribution in [2.45, 2.75) is 26.8 Å². The van der Waals surface area contributed by atoms with Crippen molar-refractivity contribution in [3.63, 3.8) is 0 Å². The number of anilines is 1. The topological polar surface area (TPSA) is 76.7 Å². The van der Waals surface area contributed by atoms with Crippen LogP contribution < -0.4 is 20.1 Å². The van der Waals surface area contributed by atoms with E-state index in [-0.39, 0.29) is 24.5 Å². The number of hydrogen-bond acceptors (Lipinski definition) is 4. The number of hydrogen-bond donors (Lipinski definition) is 2. The molecule has 7 heteroatoms. The number of ether oxygens (including phenoxy) is 2. The third kappa shape index (κ3) is 6.13. The van der Waals surface area contributed by atoms with Gasteiger partial charge in [-0.3, -0.25) is 9.59 Å². The van der Waals surface area contributed by atoms with Crippen LogP contribution in [0.5, 0.6) is 11.5 Å². The number of methoxy groups -OCH3 is 1. The molecule has 0 heterocycles. The van der Waals surface area contributed by atoms with Gasteiger partial charge in [0.25, 0.3) is 11.8 Å². The van der Waals surface area contributed by atoms with Crippen LogP contribution in [0.15, 0.2) is 36.4 Å². The molecule has 2 N–H and O–H groups in total. The van der Waals surface area contributed by atoms with Gasteiger partial charge in [0.15, 0.2) is 18.1 Å². The predicted octanol–water partition coefficient (Wildman–Crippen LogP) is 3.76. The largest absolute Gasteiger partial charge is 0.493 e. The molecule has 0 saturated heterocycles. The number of halogens is 1. The molecule has 0 unspecified atom stereocenters. The highest BCUT2D eigenvalue weighted by molar-refractivity contribution is 14.1. The molecule has 2 aromatic carbocycles. The normalized spacial score (nSPS) is 10.4. The zero-order valence-corrected chi connectivity index (χ0v) is 17.9. The molecule has 2 rings (SSSR count). The van der Waals surface area contributed by atoms with Gasteiger partial charge in [0.1, 0.15) is 0 Å². The van der Waals surface area contributed by atoms with E-state index in [0.29, 0.717) is 17.1 Å². The molecular weight excluding hydrogens is 459 g/mol. The minimum absolute atomic E-state index is 0.0405. The molecule has 0 aliphatic rings. The van der Waals surface area contributed by atoms with E-state index in [0.717, 1.165) is 14.8 Å². The Labute approximate surface area is 172 Å². The average Bonchev–Trinajstić information content (AvgIpc) is 2.61. The summed E-state index contributed by atoms with van der Waals surface area (Å²) in [5, 5.41) is 5.64. The van der Waals surface area contributed by atoms with Crippen molar-refractivity contribution in [2.75, 3.05) is 19.0 Å². The maximum absolute atomic E-state index is 12.5. The first-order valence-corrected chi connectivity index (χ1v) is 9.55. The molecule has 0 radical (unpaired) electrons. The molecule has 2 aromatic rings. The summed E-state index contributed by atoms with van der Waals surface area (Å²) in [4.78, 5) is 24.3. The van der Waals surface area contributed by atoms with Crippen LogP contribution in [0.2, 0.25) is 0 Å². The molecule has 0 aliphatic carbocycles. The summed E-state index contributed by atoms with van der Waals surface area (Å²) in [5.74, 6) is 0.322. The minimum Gasteiger partial charge on any atom is -0.493 e. The first kappa shape index (κ1) is 21.0. The molecule has 0 aromatic heterocycles. The van der Waals surface area contributed by atoms with E-state index in [1.807, 2.05) is 39.0 Å². The Morgan fingerprint density at radius 1 is 1.11 bits per heavy atom. The summed E-state index contributed by atoms with van der Waals surface area (Å²) >= 11 is 2.23. The molecular formula is C20H23IN2O4. The van der Waals surface area contributed by atoms with Gasteiger partial charge >= 0.3 is 0 Å². The van der Waals surface area contributed by atoms with E-state index in [1.165, 1.54) is 7.11 Å². The van der Waals surface area contributed by atoms with Crippen LogP contribution in [0, 0.1) is 10.5 Å². The van der Waals surface area contributed by atoms with E-state index >= 15 is 0 Å². The van der Waals surface area contributed by atoms with Crippen molar-refractivity contribution in [1.29, 1.82) is 0 Å². The van der Waals surface area contributed by atoms with Gasteiger partial charge in [-0.1, -0.05) is 0 Å². The summed E-state index contributed by atoms with van der Waals surface area (Å²) in [6.07, 6.45) is 0. The van der Waals surface area contributed by atoms with Crippen molar-refractivity contribution in [3.05, 3.63) is 51.1 Å². The molecule has 0 atom stereocenters. The summed E-state index contributed by atoms with van der Waals surface area (Å²) < 4.78 is 11.9. The highest BCUT2D eigenvalue weighted by Gasteiger charge is 2.14.